The molecule has 11 heteroatoms. The van der Waals surface area contributed by atoms with E-state index in [0.717, 1.165) is 8.99 Å². The lowest BCUT2D eigenvalue weighted by molar-refractivity contribution is 0.123. The molecule has 0 radical (unpaired) electrons. The van der Waals surface area contributed by atoms with Crippen LogP contribution >= 0.6 is 11.6 Å². The van der Waals surface area contributed by atoms with E-state index in [9.17, 15) is 17.5 Å². The van der Waals surface area contributed by atoms with Gasteiger partial charge in [-0.3, -0.25) is 13.2 Å². The summed E-state index contributed by atoms with van der Waals surface area (Å²) in [4.78, 5) is 0. The third-order valence-electron chi connectivity index (χ3n) is 4.07. The van der Waals surface area contributed by atoms with Crippen LogP contribution in [-0.2, 0) is 24.4 Å². The van der Waals surface area contributed by atoms with Crippen LogP contribution in [0, 0.1) is 0 Å². The number of benzene rings is 2. The fourth-order valence-corrected chi connectivity index (χ4v) is 3.58. The van der Waals surface area contributed by atoms with Crippen LogP contribution in [0.15, 0.2) is 36.4 Å². The second-order valence-corrected chi connectivity index (χ2v) is 7.14. The highest BCUT2D eigenvalue weighted by molar-refractivity contribution is 7.80. The van der Waals surface area contributed by atoms with Gasteiger partial charge in [0, 0.05) is 11.3 Å². The van der Waals surface area contributed by atoms with Gasteiger partial charge in [0.1, 0.15) is 12.3 Å². The first kappa shape index (κ1) is 20.3. The van der Waals surface area contributed by atoms with Crippen LogP contribution in [-0.4, -0.2) is 32.1 Å². The molecule has 1 unspecified atom stereocenters. The molecule has 0 aliphatic carbocycles. The minimum absolute atomic E-state index is 0.0721. The lowest BCUT2D eigenvalue weighted by atomic mass is 10.2. The summed E-state index contributed by atoms with van der Waals surface area (Å²) in [6, 6.07) is 9.66. The molecule has 0 bridgehead atoms. The second-order valence-electron chi connectivity index (χ2n) is 5.86. The van der Waals surface area contributed by atoms with Gasteiger partial charge in [0.2, 0.25) is 0 Å². The first-order valence-electron chi connectivity index (χ1n) is 8.04. The predicted molar refractivity (Wildman–Crippen MR) is 103 cm³/mol. The van der Waals surface area contributed by atoms with Gasteiger partial charge in [-0.1, -0.05) is 23.7 Å². The van der Waals surface area contributed by atoms with Crippen LogP contribution in [0.25, 0.3) is 10.9 Å². The zero-order chi connectivity index (χ0) is 20.4. The smallest absolute Gasteiger partial charge is 0.257 e. The Kier molecular flexibility index (Phi) is 6.01. The molecule has 0 fully saturated rings. The van der Waals surface area contributed by atoms with Crippen LogP contribution in [0.2, 0.25) is 5.02 Å². The summed E-state index contributed by atoms with van der Waals surface area (Å²) < 4.78 is 56.8. The number of fused-ring (bicyclic) bond motifs is 1. The van der Waals surface area contributed by atoms with E-state index in [1.165, 1.54) is 19.2 Å². The molecule has 1 aromatic heterocycles. The number of nitrogen functional groups attached to an aromatic ring is 1. The maximum Gasteiger partial charge on any atom is 0.257 e. The predicted octanol–water partition coefficient (Wildman–Crippen LogP) is 3.35. The van der Waals surface area contributed by atoms with Gasteiger partial charge in [-0.05, 0) is 29.8 Å². The Morgan fingerprint density at radius 2 is 2.00 bits per heavy atom. The molecule has 0 aliphatic rings. The average Bonchev–Trinajstić information content (AvgIpc) is 3.02. The van der Waals surface area contributed by atoms with E-state index >= 15 is 0 Å². The van der Waals surface area contributed by atoms with Gasteiger partial charge >= 0.3 is 0 Å². The molecule has 7 nitrogen and oxygen atoms in total. The number of methoxy groups -OCH3 is 1. The highest BCUT2D eigenvalue weighted by atomic mass is 35.5. The number of halogens is 3. The van der Waals surface area contributed by atoms with E-state index in [2.05, 4.69) is 5.10 Å². The third-order valence-corrected chi connectivity index (χ3v) is 5.04. The zero-order valence-corrected chi connectivity index (χ0v) is 16.2. The second kappa shape index (κ2) is 8.29. The molecule has 2 N–H and O–H groups in total. The maximum atomic E-state index is 13.0. The van der Waals surface area contributed by atoms with Crippen molar-refractivity contribution in [1.82, 2.24) is 9.78 Å². The highest BCUT2D eigenvalue weighted by Gasteiger charge is 2.23. The number of ether oxygens (including phenoxy) is 1. The summed E-state index contributed by atoms with van der Waals surface area (Å²) in [6.45, 7) is -0.824. The fraction of sp³-hybridized carbons (Fsp3) is 0.235. The van der Waals surface area contributed by atoms with Crippen LogP contribution in [0.4, 0.5) is 20.3 Å². The largest absolute Gasteiger partial charge is 0.755 e. The first-order chi connectivity index (χ1) is 13.3. The molecule has 1 atom stereocenters. The molecular formula is C17H16ClF2N4O3S-. The lowest BCUT2D eigenvalue weighted by Crippen LogP contribution is -2.25. The van der Waals surface area contributed by atoms with E-state index in [4.69, 9.17) is 22.1 Å². The van der Waals surface area contributed by atoms with Crippen molar-refractivity contribution >= 4 is 45.3 Å². The topological polar surface area (TPSA) is 96.4 Å². The number of hydrogen-bond acceptors (Lipinski definition) is 5. The van der Waals surface area contributed by atoms with E-state index in [-0.39, 0.29) is 34.0 Å². The summed E-state index contributed by atoms with van der Waals surface area (Å²) in [6.07, 6.45) is -2.71. The number of hydrogen-bond donors (Lipinski definition) is 1. The van der Waals surface area contributed by atoms with Gasteiger partial charge in [-0.25, -0.2) is 8.78 Å². The van der Waals surface area contributed by atoms with Crippen LogP contribution in [0.5, 0.6) is 5.75 Å². The highest BCUT2D eigenvalue weighted by Crippen LogP contribution is 2.37. The Morgan fingerprint density at radius 1 is 1.32 bits per heavy atom. The van der Waals surface area contributed by atoms with Gasteiger partial charge in [-0.15, -0.1) is 0 Å². The molecule has 0 saturated heterocycles. The molecule has 150 valence electrons. The van der Waals surface area contributed by atoms with Crippen LogP contribution in [0.1, 0.15) is 5.56 Å². The van der Waals surface area contributed by atoms with Crippen LogP contribution in [0.3, 0.4) is 0 Å². The fourth-order valence-electron chi connectivity index (χ4n) is 2.82. The molecule has 1 heterocycles. The normalized spacial score (nSPS) is 12.5. The van der Waals surface area contributed by atoms with Crippen molar-refractivity contribution in [2.75, 3.05) is 17.1 Å². The van der Waals surface area contributed by atoms with Gasteiger partial charge in [-0.2, -0.15) is 5.10 Å². The van der Waals surface area contributed by atoms with E-state index in [0.29, 0.717) is 11.3 Å². The van der Waals surface area contributed by atoms with Gasteiger partial charge in [0.25, 0.3) is 6.43 Å². The molecule has 3 aromatic rings. The lowest BCUT2D eigenvalue weighted by Gasteiger charge is -2.24. The van der Waals surface area contributed by atoms with Gasteiger partial charge in [0.15, 0.2) is 5.82 Å². The Balaban J connectivity index is 2.12. The summed E-state index contributed by atoms with van der Waals surface area (Å²) in [5, 5.41) is 4.43. The van der Waals surface area contributed by atoms with Crippen molar-refractivity contribution in [2.24, 2.45) is 0 Å². The van der Waals surface area contributed by atoms with Crippen molar-refractivity contribution in [1.29, 1.82) is 0 Å². The quantitative estimate of drug-likeness (QED) is 0.459. The van der Waals surface area contributed by atoms with Crippen molar-refractivity contribution in [3.63, 3.8) is 0 Å². The van der Waals surface area contributed by atoms with Crippen LogP contribution < -0.4 is 14.8 Å². The first-order valence-corrected chi connectivity index (χ1v) is 9.45. The number of anilines is 2. The molecule has 0 amide bonds. The summed E-state index contributed by atoms with van der Waals surface area (Å²) >= 11 is 3.49. The molecule has 0 saturated carbocycles. The van der Waals surface area contributed by atoms with E-state index < -0.39 is 24.2 Å². The van der Waals surface area contributed by atoms with Gasteiger partial charge in [0.05, 0.1) is 35.3 Å². The summed E-state index contributed by atoms with van der Waals surface area (Å²) in [5.74, 6) is 0.540. The van der Waals surface area contributed by atoms with E-state index in [1.54, 1.807) is 24.3 Å². The molecular weight excluding hydrogens is 414 g/mol. The summed E-state index contributed by atoms with van der Waals surface area (Å²) in [5.41, 5.74) is 6.89. The number of nitrogens with two attached hydrogens (primary N) is 1. The Morgan fingerprint density at radius 3 is 2.57 bits per heavy atom. The Labute approximate surface area is 167 Å². The number of aromatic nitrogens is 2. The molecule has 0 aliphatic heterocycles. The number of nitrogens with zero attached hydrogens (tertiary/aromatic N) is 3. The maximum absolute atomic E-state index is 13.0. The van der Waals surface area contributed by atoms with Crippen molar-refractivity contribution in [2.45, 2.75) is 19.5 Å². The minimum atomic E-state index is -2.74. The standard InChI is InChI=1S/C17H17ClF2N4O3S/c1-27-11-4-2-10(3-5-11)8-24(28(25)26)17-15-12(18)6-7-13(21)16(15)23(22-17)9-14(19)20/h2-7,14H,8-9,21H2,1H3,(H,25,26)/p-1. The molecule has 3 rings (SSSR count). The Bertz CT molecular complexity index is 1010. The molecule has 0 spiro atoms. The average molecular weight is 430 g/mol. The van der Waals surface area contributed by atoms with Crippen molar-refractivity contribution < 1.29 is 22.3 Å². The summed E-state index contributed by atoms with van der Waals surface area (Å²) in [7, 11) is 1.52. The Hall–Kier alpha value is -2.43. The number of alkyl halides is 2. The van der Waals surface area contributed by atoms with Crippen molar-refractivity contribution in [3.05, 3.63) is 47.0 Å². The molecule has 28 heavy (non-hydrogen) atoms. The van der Waals surface area contributed by atoms with Gasteiger partial charge < -0.3 is 15.0 Å². The van der Waals surface area contributed by atoms with Crippen molar-refractivity contribution in [3.8, 4) is 5.75 Å². The minimum Gasteiger partial charge on any atom is -0.755 e. The van der Waals surface area contributed by atoms with E-state index in [1.807, 2.05) is 0 Å². The number of rotatable bonds is 7. The SMILES string of the molecule is COc1ccc(CN(c2nn(CC(F)F)c3c(N)ccc(Cl)c23)S(=O)[O-])cc1. The third kappa shape index (κ3) is 4.03. The monoisotopic (exact) mass is 429 g/mol. The zero-order valence-electron chi connectivity index (χ0n) is 14.6. The molecule has 2 aromatic carbocycles.